The van der Waals surface area contributed by atoms with Crippen molar-refractivity contribution in [2.24, 2.45) is 0 Å². The zero-order valence-corrected chi connectivity index (χ0v) is 34.7. The molecule has 5 nitrogen and oxygen atoms in total. The van der Waals surface area contributed by atoms with Crippen LogP contribution >= 0.6 is 0 Å². The molecule has 0 amide bonds. The number of hydrogen-bond donors (Lipinski definition) is 0. The van der Waals surface area contributed by atoms with Gasteiger partial charge in [-0.2, -0.15) is 0 Å². The van der Waals surface area contributed by atoms with Crippen molar-refractivity contribution in [3.63, 3.8) is 0 Å². The molecule has 0 unspecified atom stereocenters. The summed E-state index contributed by atoms with van der Waals surface area (Å²) in [6, 6.07) is 0.580. The average Bonchev–Trinajstić information content (AvgIpc) is 3.10. The minimum absolute atomic E-state index is 0.00635. The van der Waals surface area contributed by atoms with Crippen LogP contribution in [0.3, 0.4) is 0 Å². The molecule has 0 aliphatic carbocycles. The zero-order chi connectivity index (χ0) is 36.8. The molecule has 0 N–H and O–H groups in total. The first-order valence-corrected chi connectivity index (χ1v) is 22.5. The van der Waals surface area contributed by atoms with Crippen LogP contribution in [0.15, 0.2) is 0 Å². The molecule has 0 heterocycles. The fourth-order valence-electron chi connectivity index (χ4n) is 6.99. The van der Waals surface area contributed by atoms with Crippen LogP contribution in [0.1, 0.15) is 247 Å². The number of carbonyl (C=O) groups excluding carboxylic acids is 2. The lowest BCUT2D eigenvalue weighted by Crippen LogP contribution is -2.32. The van der Waals surface area contributed by atoms with Gasteiger partial charge in [0.05, 0.1) is 6.61 Å². The summed E-state index contributed by atoms with van der Waals surface area (Å²) >= 11 is 0. The average molecular weight is 708 g/mol. The van der Waals surface area contributed by atoms with Gasteiger partial charge < -0.3 is 14.4 Å². The monoisotopic (exact) mass is 708 g/mol. The van der Waals surface area contributed by atoms with Crippen molar-refractivity contribution in [2.45, 2.75) is 259 Å². The molecule has 50 heavy (non-hydrogen) atoms. The second-order valence-electron chi connectivity index (χ2n) is 15.7. The molecule has 0 aromatic carbocycles. The fourth-order valence-corrected chi connectivity index (χ4v) is 6.99. The summed E-state index contributed by atoms with van der Waals surface area (Å²) in [6.07, 6.45) is 39.2. The summed E-state index contributed by atoms with van der Waals surface area (Å²) in [6.45, 7) is 14.4. The molecule has 0 aromatic rings. The minimum atomic E-state index is -0.00635. The fraction of sp³-hybridized carbons (Fsp3) is 0.956. The van der Waals surface area contributed by atoms with E-state index in [9.17, 15) is 9.59 Å². The first-order valence-electron chi connectivity index (χ1n) is 22.5. The van der Waals surface area contributed by atoms with Gasteiger partial charge in [0.15, 0.2) is 0 Å². The molecule has 0 aliphatic heterocycles. The maximum Gasteiger partial charge on any atom is 0.306 e. The lowest BCUT2D eigenvalue weighted by atomic mass is 10.0. The van der Waals surface area contributed by atoms with Crippen molar-refractivity contribution in [1.29, 1.82) is 0 Å². The van der Waals surface area contributed by atoms with Crippen LogP contribution in [-0.2, 0) is 19.1 Å². The largest absolute Gasteiger partial charge is 0.466 e. The van der Waals surface area contributed by atoms with Crippen LogP contribution < -0.4 is 0 Å². The Morgan fingerprint density at radius 3 is 1.24 bits per heavy atom. The van der Waals surface area contributed by atoms with E-state index in [0.29, 0.717) is 25.5 Å². The van der Waals surface area contributed by atoms with Gasteiger partial charge in [0.2, 0.25) is 0 Å². The quantitative estimate of drug-likeness (QED) is 0.0469. The molecule has 0 spiro atoms. The first kappa shape index (κ1) is 48.9. The van der Waals surface area contributed by atoms with Gasteiger partial charge in [-0.1, -0.05) is 162 Å². The van der Waals surface area contributed by atoms with Crippen molar-refractivity contribution in [3.8, 4) is 0 Å². The van der Waals surface area contributed by atoms with Crippen LogP contribution in [0.2, 0.25) is 0 Å². The first-order chi connectivity index (χ1) is 24.4. The van der Waals surface area contributed by atoms with Gasteiger partial charge in [0.25, 0.3) is 0 Å². The number of nitrogens with zero attached hydrogens (tertiary/aromatic N) is 1. The molecule has 0 fully saturated rings. The van der Waals surface area contributed by atoms with Gasteiger partial charge in [-0.05, 0) is 84.7 Å². The lowest BCUT2D eigenvalue weighted by Gasteiger charge is -2.26. The smallest absolute Gasteiger partial charge is 0.306 e. The van der Waals surface area contributed by atoms with E-state index in [-0.39, 0.29) is 18.0 Å². The summed E-state index contributed by atoms with van der Waals surface area (Å²) in [5, 5.41) is 0. The molecular formula is C45H89NO4. The molecule has 0 saturated carbocycles. The highest BCUT2D eigenvalue weighted by molar-refractivity contribution is 5.69. The third-order valence-electron chi connectivity index (χ3n) is 10.5. The van der Waals surface area contributed by atoms with E-state index in [1.54, 1.807) is 0 Å². The normalized spacial score (nSPS) is 11.7. The van der Waals surface area contributed by atoms with E-state index in [1.165, 1.54) is 167 Å². The Morgan fingerprint density at radius 1 is 0.440 bits per heavy atom. The van der Waals surface area contributed by atoms with E-state index in [4.69, 9.17) is 9.47 Å². The second kappa shape index (κ2) is 39.1. The Hall–Kier alpha value is -1.10. The van der Waals surface area contributed by atoms with Crippen molar-refractivity contribution < 1.29 is 19.1 Å². The van der Waals surface area contributed by atoms with Crippen LogP contribution in [0.5, 0.6) is 0 Å². The summed E-state index contributed by atoms with van der Waals surface area (Å²) in [7, 11) is 0. The SMILES string of the molecule is CCCCCCCCCOC(=O)CCCCCCCN(CCCCCCCC(=O)OC(CCCCCCCC)CCCCCCCC)C(C)C. The Labute approximate surface area is 313 Å². The van der Waals surface area contributed by atoms with Crippen LogP contribution in [-0.4, -0.2) is 48.7 Å². The van der Waals surface area contributed by atoms with Gasteiger partial charge in [0.1, 0.15) is 6.10 Å². The highest BCUT2D eigenvalue weighted by atomic mass is 16.5. The predicted octanol–water partition coefficient (Wildman–Crippen LogP) is 14.1. The third-order valence-corrected chi connectivity index (χ3v) is 10.5. The van der Waals surface area contributed by atoms with Gasteiger partial charge in [-0.15, -0.1) is 0 Å². The van der Waals surface area contributed by atoms with Crippen molar-refractivity contribution >= 4 is 11.9 Å². The summed E-state index contributed by atoms with van der Waals surface area (Å²) in [4.78, 5) is 27.3. The lowest BCUT2D eigenvalue weighted by molar-refractivity contribution is -0.150. The number of hydrogen-bond acceptors (Lipinski definition) is 5. The predicted molar refractivity (Wildman–Crippen MR) is 217 cm³/mol. The van der Waals surface area contributed by atoms with E-state index in [1.807, 2.05) is 0 Å². The minimum Gasteiger partial charge on any atom is -0.466 e. The van der Waals surface area contributed by atoms with Gasteiger partial charge >= 0.3 is 11.9 Å². The van der Waals surface area contributed by atoms with E-state index >= 15 is 0 Å². The number of ether oxygens (including phenoxy) is 2. The molecule has 298 valence electrons. The van der Waals surface area contributed by atoms with E-state index in [2.05, 4.69) is 39.5 Å². The standard InChI is InChI=1S/C45H89NO4/c1-6-9-12-15-18-27-34-41-49-44(47)37-30-23-19-25-32-39-46(42(4)5)40-33-26-20-24-31-38-45(48)50-43(35-28-21-16-13-10-7-2)36-29-22-17-14-11-8-3/h42-43H,6-41H2,1-5H3. The third kappa shape index (κ3) is 35.3. The summed E-state index contributed by atoms with van der Waals surface area (Å²) in [5.74, 6) is 0.0322. The maximum atomic E-state index is 12.7. The molecule has 0 rings (SSSR count). The van der Waals surface area contributed by atoms with E-state index < -0.39 is 0 Å². The molecule has 0 bridgehead atoms. The summed E-state index contributed by atoms with van der Waals surface area (Å²) in [5.41, 5.74) is 0. The maximum absolute atomic E-state index is 12.7. The number of rotatable bonds is 40. The molecule has 5 heteroatoms. The van der Waals surface area contributed by atoms with Crippen LogP contribution in [0, 0.1) is 0 Å². The number of unbranched alkanes of at least 4 members (excludes halogenated alkanes) is 24. The molecule has 0 atom stereocenters. The van der Waals surface area contributed by atoms with Gasteiger partial charge in [0, 0.05) is 18.9 Å². The Balaban J connectivity index is 3.95. The van der Waals surface area contributed by atoms with E-state index in [0.717, 1.165) is 44.9 Å². The number of esters is 2. The van der Waals surface area contributed by atoms with Crippen LogP contribution in [0.25, 0.3) is 0 Å². The summed E-state index contributed by atoms with van der Waals surface area (Å²) < 4.78 is 11.5. The highest BCUT2D eigenvalue weighted by Gasteiger charge is 2.14. The highest BCUT2D eigenvalue weighted by Crippen LogP contribution is 2.19. The van der Waals surface area contributed by atoms with Crippen LogP contribution in [0.4, 0.5) is 0 Å². The topological polar surface area (TPSA) is 55.8 Å². The molecule has 0 aliphatic rings. The molecule has 0 aromatic heterocycles. The van der Waals surface area contributed by atoms with Crippen molar-refractivity contribution in [2.75, 3.05) is 19.7 Å². The van der Waals surface area contributed by atoms with Gasteiger partial charge in [-0.3, -0.25) is 9.59 Å². The van der Waals surface area contributed by atoms with Crippen molar-refractivity contribution in [1.82, 2.24) is 4.90 Å². The second-order valence-corrected chi connectivity index (χ2v) is 15.7. The van der Waals surface area contributed by atoms with Gasteiger partial charge in [-0.25, -0.2) is 0 Å². The number of carbonyl (C=O) groups is 2. The molecular weight excluding hydrogens is 618 g/mol. The Kier molecular flexibility index (Phi) is 38.3. The Morgan fingerprint density at radius 2 is 0.800 bits per heavy atom. The Bertz CT molecular complexity index is 695. The zero-order valence-electron chi connectivity index (χ0n) is 34.7. The van der Waals surface area contributed by atoms with Crippen molar-refractivity contribution in [3.05, 3.63) is 0 Å². The molecule has 0 radical (unpaired) electrons. The molecule has 0 saturated heterocycles.